The number of amides is 1. The van der Waals surface area contributed by atoms with Crippen molar-refractivity contribution in [3.63, 3.8) is 0 Å². The van der Waals surface area contributed by atoms with Gasteiger partial charge in [0.2, 0.25) is 11.6 Å². The summed E-state index contributed by atoms with van der Waals surface area (Å²) in [5, 5.41) is 26.7. The van der Waals surface area contributed by atoms with Gasteiger partial charge >= 0.3 is 0 Å². The molecule has 4 rings (SSSR count). The molecule has 0 spiro atoms. The standard InChI is InChI=1S/C20H19Cl2N5O4S/c21-13-6-2-7-14(16(13)22)23-18-19(26-32(31)25-18)24-15-8-1-5-12(17(15)29)20(30)27-9-3-4-11(27)10-28/h1-2,5-8,11,28-29H,3-4,9-10H2,(H,23,25)(H,24,26)/t11-,32?/m0/s1. The second-order valence-corrected chi connectivity index (χ2v) is 8.75. The number of halogens is 2. The Bertz CT molecular complexity index is 1160. The van der Waals surface area contributed by atoms with Gasteiger partial charge in [-0.15, -0.1) is 0 Å². The molecule has 2 atom stereocenters. The summed E-state index contributed by atoms with van der Waals surface area (Å²) in [6.45, 7) is 0.374. The zero-order chi connectivity index (χ0) is 22.8. The van der Waals surface area contributed by atoms with Crippen LogP contribution in [0.3, 0.4) is 0 Å². The van der Waals surface area contributed by atoms with Crippen LogP contribution in [0.25, 0.3) is 0 Å². The highest BCUT2D eigenvalue weighted by atomic mass is 35.5. The average molecular weight is 496 g/mol. The number of anilines is 4. The number of likely N-dealkylation sites (tertiary alicyclic amines) is 1. The molecule has 1 amide bonds. The smallest absolute Gasteiger partial charge is 0.258 e. The number of aliphatic hydroxyl groups is 1. The van der Waals surface area contributed by atoms with Crippen molar-refractivity contribution in [2.24, 2.45) is 0 Å². The predicted molar refractivity (Wildman–Crippen MR) is 123 cm³/mol. The van der Waals surface area contributed by atoms with Gasteiger partial charge in [0.1, 0.15) is 0 Å². The number of carbonyl (C=O) groups excluding carboxylic acids is 1. The second kappa shape index (κ2) is 9.47. The highest BCUT2D eigenvalue weighted by molar-refractivity contribution is 7.14. The molecule has 1 fully saturated rings. The summed E-state index contributed by atoms with van der Waals surface area (Å²) in [7, 11) is 0. The van der Waals surface area contributed by atoms with Crippen molar-refractivity contribution in [1.82, 2.24) is 13.6 Å². The summed E-state index contributed by atoms with van der Waals surface area (Å²) < 4.78 is 19.8. The van der Waals surface area contributed by atoms with E-state index < -0.39 is 11.1 Å². The summed E-state index contributed by atoms with van der Waals surface area (Å²) in [6, 6.07) is 9.36. The summed E-state index contributed by atoms with van der Waals surface area (Å²) in [6.07, 6.45) is 1.50. The molecule has 1 aliphatic heterocycles. The third-order valence-electron chi connectivity index (χ3n) is 5.14. The number of aromatic hydroxyl groups is 1. The van der Waals surface area contributed by atoms with Crippen molar-refractivity contribution in [2.45, 2.75) is 18.9 Å². The summed E-state index contributed by atoms with van der Waals surface area (Å²) >= 11 is 10.4. The van der Waals surface area contributed by atoms with Crippen LogP contribution >= 0.6 is 34.3 Å². The fourth-order valence-corrected chi connectivity index (χ4v) is 4.51. The number of aromatic nitrogens is 2. The predicted octanol–water partition coefficient (Wildman–Crippen LogP) is 4.30. The molecule has 9 nitrogen and oxygen atoms in total. The number of carbonyl (C=O) groups is 1. The van der Waals surface area contributed by atoms with Crippen LogP contribution < -0.4 is 10.6 Å². The van der Waals surface area contributed by atoms with E-state index in [0.29, 0.717) is 23.7 Å². The van der Waals surface area contributed by atoms with E-state index in [-0.39, 0.29) is 52.2 Å². The summed E-state index contributed by atoms with van der Waals surface area (Å²) in [5.41, 5.74) is 0.697. The van der Waals surface area contributed by atoms with Gasteiger partial charge in [0, 0.05) is 15.3 Å². The van der Waals surface area contributed by atoms with Crippen LogP contribution in [0.1, 0.15) is 23.2 Å². The van der Waals surface area contributed by atoms with Crippen LogP contribution in [0, 0.1) is 0 Å². The van der Waals surface area contributed by atoms with Gasteiger partial charge in [0.05, 0.1) is 39.6 Å². The zero-order valence-electron chi connectivity index (χ0n) is 16.6. The minimum atomic E-state index is -1.88. The Labute approximate surface area is 196 Å². The molecule has 0 aliphatic carbocycles. The lowest BCUT2D eigenvalue weighted by Gasteiger charge is -2.23. The highest BCUT2D eigenvalue weighted by Crippen LogP contribution is 2.37. The van der Waals surface area contributed by atoms with Crippen molar-refractivity contribution >= 4 is 63.3 Å². The fraction of sp³-hybridized carbons (Fsp3) is 0.250. The molecule has 168 valence electrons. The molecule has 0 saturated carbocycles. The maximum atomic E-state index is 12.9. The first kappa shape index (κ1) is 22.6. The molecule has 4 N–H and O–H groups in total. The van der Waals surface area contributed by atoms with Gasteiger partial charge in [-0.2, -0.15) is 0 Å². The third-order valence-corrected chi connectivity index (χ3v) is 6.63. The van der Waals surface area contributed by atoms with Crippen molar-refractivity contribution in [3.8, 4) is 5.75 Å². The lowest BCUT2D eigenvalue weighted by Crippen LogP contribution is -2.37. The first-order valence-corrected chi connectivity index (χ1v) is 11.5. The Hall–Kier alpha value is -2.63. The molecule has 2 aromatic carbocycles. The maximum Gasteiger partial charge on any atom is 0.258 e. The first-order chi connectivity index (χ1) is 15.4. The van der Waals surface area contributed by atoms with E-state index in [9.17, 15) is 19.6 Å². The van der Waals surface area contributed by atoms with Crippen LogP contribution in [0.15, 0.2) is 36.4 Å². The molecule has 3 aromatic rings. The van der Waals surface area contributed by atoms with Crippen molar-refractivity contribution in [2.75, 3.05) is 23.8 Å². The molecule has 1 saturated heterocycles. The monoisotopic (exact) mass is 495 g/mol. The van der Waals surface area contributed by atoms with E-state index in [2.05, 4.69) is 19.4 Å². The maximum absolute atomic E-state index is 12.9. The molecule has 0 radical (unpaired) electrons. The Morgan fingerprint density at radius 3 is 2.53 bits per heavy atom. The number of aliphatic hydroxyl groups excluding tert-OH is 1. The molecule has 32 heavy (non-hydrogen) atoms. The number of nitrogens with one attached hydrogen (secondary N) is 2. The van der Waals surface area contributed by atoms with E-state index >= 15 is 0 Å². The number of benzene rings is 2. The van der Waals surface area contributed by atoms with Gasteiger partial charge in [-0.3, -0.25) is 4.79 Å². The van der Waals surface area contributed by atoms with Gasteiger partial charge in [-0.05, 0) is 37.1 Å². The molecule has 0 bridgehead atoms. The Morgan fingerprint density at radius 1 is 1.16 bits per heavy atom. The first-order valence-electron chi connectivity index (χ1n) is 9.70. The van der Waals surface area contributed by atoms with Crippen LogP contribution in [0.2, 0.25) is 10.0 Å². The SMILES string of the molecule is O=C(c1cccc(Nc2n[s+]([O-])nc2Nc2cccc(Cl)c2Cl)c1O)N1CCC[C@H]1CO. The number of hydrogen-bond acceptors (Lipinski definition) is 8. The summed E-state index contributed by atoms with van der Waals surface area (Å²) in [5.74, 6) is -0.448. The minimum absolute atomic E-state index is 0.0828. The minimum Gasteiger partial charge on any atom is -0.546 e. The third kappa shape index (κ3) is 4.45. The summed E-state index contributed by atoms with van der Waals surface area (Å²) in [4.78, 5) is 14.5. The van der Waals surface area contributed by atoms with Crippen molar-refractivity contribution < 1.29 is 19.6 Å². The van der Waals surface area contributed by atoms with E-state index in [1.165, 1.54) is 6.07 Å². The van der Waals surface area contributed by atoms with Gasteiger partial charge in [-0.1, -0.05) is 35.3 Å². The molecule has 1 aromatic heterocycles. The largest absolute Gasteiger partial charge is 0.546 e. The number of phenolic OH excluding ortho intramolecular Hbond substituents is 1. The molecule has 1 aliphatic rings. The normalized spacial score (nSPS) is 16.3. The van der Waals surface area contributed by atoms with Crippen LogP contribution in [0.4, 0.5) is 23.0 Å². The molecule has 12 heteroatoms. The Morgan fingerprint density at radius 2 is 1.81 bits per heavy atom. The molecular formula is C20H19Cl2N5O4S. The van der Waals surface area contributed by atoms with E-state index in [4.69, 9.17) is 23.2 Å². The molecular weight excluding hydrogens is 477 g/mol. The second-order valence-electron chi connectivity index (χ2n) is 7.14. The zero-order valence-corrected chi connectivity index (χ0v) is 18.9. The van der Waals surface area contributed by atoms with Crippen molar-refractivity contribution in [3.05, 3.63) is 52.0 Å². The Balaban J connectivity index is 1.61. The molecule has 1 unspecified atom stereocenters. The van der Waals surface area contributed by atoms with Crippen molar-refractivity contribution in [1.29, 1.82) is 0 Å². The van der Waals surface area contributed by atoms with Gasteiger partial charge in [0.15, 0.2) is 16.9 Å². The fourth-order valence-electron chi connectivity index (χ4n) is 3.55. The topological polar surface area (TPSA) is 134 Å². The lowest BCUT2D eigenvalue weighted by atomic mass is 10.1. The number of nitrogens with zero attached hydrogens (tertiary/aromatic N) is 3. The number of phenols is 1. The van der Waals surface area contributed by atoms with E-state index in [0.717, 1.165) is 6.42 Å². The number of hydrogen-bond donors (Lipinski definition) is 4. The van der Waals surface area contributed by atoms with Crippen LogP contribution in [-0.2, 0) is 0 Å². The van der Waals surface area contributed by atoms with Crippen LogP contribution in [-0.4, -0.2) is 53.5 Å². The molecule has 2 heterocycles. The van der Waals surface area contributed by atoms with Gasteiger partial charge < -0.3 is 30.3 Å². The Kier molecular flexibility index (Phi) is 6.68. The number of rotatable bonds is 6. The lowest BCUT2D eigenvalue weighted by molar-refractivity contribution is 0.0674. The van der Waals surface area contributed by atoms with Gasteiger partial charge in [0.25, 0.3) is 5.91 Å². The van der Waals surface area contributed by atoms with Gasteiger partial charge in [-0.25, -0.2) is 0 Å². The van der Waals surface area contributed by atoms with E-state index in [1.54, 1.807) is 35.2 Å². The number of para-hydroxylation sites is 1. The average Bonchev–Trinajstić information content (AvgIpc) is 3.38. The van der Waals surface area contributed by atoms with E-state index in [1.807, 2.05) is 0 Å². The highest BCUT2D eigenvalue weighted by Gasteiger charge is 2.31. The quantitative estimate of drug-likeness (QED) is 0.293. The van der Waals surface area contributed by atoms with Crippen LogP contribution in [0.5, 0.6) is 5.75 Å².